The fourth-order valence-electron chi connectivity index (χ4n) is 3.12. The molecular weight excluding hydrogens is 286 g/mol. The molecule has 2 fully saturated rings. The Morgan fingerprint density at radius 3 is 2.62 bits per heavy atom. The quantitative estimate of drug-likeness (QED) is 0.878. The van der Waals surface area contributed by atoms with E-state index in [4.69, 9.17) is 17.3 Å². The highest BCUT2D eigenvalue weighted by molar-refractivity contribution is 6.31. The first-order valence-electron chi connectivity index (χ1n) is 7.72. The Balaban J connectivity index is 1.86. The van der Waals surface area contributed by atoms with E-state index >= 15 is 0 Å². The minimum Gasteiger partial charge on any atom is -0.368 e. The first-order valence-corrected chi connectivity index (χ1v) is 8.09. The molecule has 1 aliphatic heterocycles. The number of hydrogen-bond acceptors (Lipinski definition) is 3. The van der Waals surface area contributed by atoms with Crippen LogP contribution in [0.1, 0.15) is 36.0 Å². The van der Waals surface area contributed by atoms with E-state index in [0.29, 0.717) is 22.5 Å². The van der Waals surface area contributed by atoms with Crippen molar-refractivity contribution < 1.29 is 4.79 Å². The summed E-state index contributed by atoms with van der Waals surface area (Å²) in [7, 11) is 0. The zero-order valence-corrected chi connectivity index (χ0v) is 12.9. The molecule has 5 heteroatoms. The summed E-state index contributed by atoms with van der Waals surface area (Å²) in [5, 5.41) is 4.06. The summed E-state index contributed by atoms with van der Waals surface area (Å²) in [6.07, 6.45) is 4.76. The molecular formula is C16H22ClN3O. The van der Waals surface area contributed by atoms with Crippen molar-refractivity contribution in [3.63, 3.8) is 0 Å². The molecule has 1 amide bonds. The fraction of sp³-hybridized carbons (Fsp3) is 0.562. The molecule has 0 radical (unpaired) electrons. The molecule has 0 spiro atoms. The molecule has 0 bridgehead atoms. The number of hydrogen-bond donors (Lipinski definition) is 2. The average molecular weight is 308 g/mol. The Morgan fingerprint density at radius 2 is 2.00 bits per heavy atom. The third kappa shape index (κ3) is 3.50. The summed E-state index contributed by atoms with van der Waals surface area (Å²) in [6.45, 7) is 3.16. The van der Waals surface area contributed by atoms with Gasteiger partial charge >= 0.3 is 0 Å². The van der Waals surface area contributed by atoms with Crippen LogP contribution >= 0.6 is 11.6 Å². The van der Waals surface area contributed by atoms with Gasteiger partial charge < -0.3 is 16.0 Å². The number of rotatable bonds is 5. The van der Waals surface area contributed by atoms with Crippen LogP contribution in [0.3, 0.4) is 0 Å². The highest BCUT2D eigenvalue weighted by Gasteiger charge is 2.33. The number of amides is 1. The van der Waals surface area contributed by atoms with Gasteiger partial charge in [-0.05, 0) is 62.9 Å². The standard InChI is InChI=1S/C16H22ClN3O/c17-12-1-4-14(16(18)21)15(9-12)20(13-2-3-13)10-11-5-7-19-8-6-11/h1,4,9,11,13,19H,2-3,5-8,10H2,(H2,18,21). The summed E-state index contributed by atoms with van der Waals surface area (Å²) < 4.78 is 0. The predicted octanol–water partition coefficient (Wildman–Crippen LogP) is 2.41. The number of benzene rings is 1. The SMILES string of the molecule is NC(=O)c1ccc(Cl)cc1N(CC1CCNCC1)C1CC1. The van der Waals surface area contributed by atoms with Crippen molar-refractivity contribution in [1.82, 2.24) is 5.32 Å². The van der Waals surface area contributed by atoms with Crippen molar-refractivity contribution >= 4 is 23.2 Å². The number of nitrogens with two attached hydrogens (primary N) is 1. The van der Waals surface area contributed by atoms with Gasteiger partial charge in [0.25, 0.3) is 5.91 Å². The zero-order valence-electron chi connectivity index (χ0n) is 12.1. The molecule has 0 atom stereocenters. The first-order chi connectivity index (χ1) is 10.1. The molecule has 1 aromatic carbocycles. The van der Waals surface area contributed by atoms with Crippen molar-refractivity contribution in [2.45, 2.75) is 31.7 Å². The minimum absolute atomic E-state index is 0.377. The van der Waals surface area contributed by atoms with E-state index in [1.807, 2.05) is 6.07 Å². The summed E-state index contributed by atoms with van der Waals surface area (Å²) in [4.78, 5) is 14.1. The highest BCUT2D eigenvalue weighted by atomic mass is 35.5. The van der Waals surface area contributed by atoms with Crippen molar-refractivity contribution in [3.05, 3.63) is 28.8 Å². The molecule has 1 saturated carbocycles. The normalized spacial score (nSPS) is 19.5. The number of primary amides is 1. The van der Waals surface area contributed by atoms with Crippen LogP contribution in [0.5, 0.6) is 0 Å². The third-order valence-corrected chi connectivity index (χ3v) is 4.67. The Bertz CT molecular complexity index is 524. The molecule has 3 N–H and O–H groups in total. The summed E-state index contributed by atoms with van der Waals surface area (Å²) >= 11 is 6.14. The minimum atomic E-state index is -0.377. The maximum atomic E-state index is 11.7. The van der Waals surface area contributed by atoms with E-state index in [9.17, 15) is 4.79 Å². The Morgan fingerprint density at radius 1 is 1.29 bits per heavy atom. The topological polar surface area (TPSA) is 58.4 Å². The van der Waals surface area contributed by atoms with Gasteiger partial charge in [0.15, 0.2) is 0 Å². The number of piperidine rings is 1. The average Bonchev–Trinajstić information content (AvgIpc) is 3.30. The number of halogens is 1. The second-order valence-corrected chi connectivity index (χ2v) is 6.54. The van der Waals surface area contributed by atoms with Crippen LogP contribution in [0.2, 0.25) is 5.02 Å². The first kappa shape index (κ1) is 14.7. The van der Waals surface area contributed by atoms with E-state index in [2.05, 4.69) is 10.2 Å². The van der Waals surface area contributed by atoms with Gasteiger partial charge in [-0.3, -0.25) is 4.79 Å². The molecule has 0 aromatic heterocycles. The lowest BCUT2D eigenvalue weighted by Crippen LogP contribution is -2.38. The Labute approximate surface area is 130 Å². The molecule has 0 unspecified atom stereocenters. The number of carbonyl (C=O) groups is 1. The Hall–Kier alpha value is -1.26. The van der Waals surface area contributed by atoms with Gasteiger partial charge in [-0.1, -0.05) is 11.6 Å². The lowest BCUT2D eigenvalue weighted by molar-refractivity contribution is 0.100. The summed E-state index contributed by atoms with van der Waals surface area (Å²) in [5.74, 6) is 0.296. The van der Waals surface area contributed by atoms with Crippen LogP contribution in [0.25, 0.3) is 0 Å². The van der Waals surface area contributed by atoms with Gasteiger partial charge in [0, 0.05) is 17.6 Å². The molecule has 114 valence electrons. The molecule has 2 aliphatic rings. The maximum absolute atomic E-state index is 11.7. The summed E-state index contributed by atoms with van der Waals surface area (Å²) in [6, 6.07) is 5.91. The van der Waals surface area contributed by atoms with Crippen molar-refractivity contribution in [3.8, 4) is 0 Å². The van der Waals surface area contributed by atoms with E-state index in [-0.39, 0.29) is 5.91 Å². The Kier molecular flexibility index (Phi) is 4.36. The van der Waals surface area contributed by atoms with Gasteiger partial charge in [-0.25, -0.2) is 0 Å². The second-order valence-electron chi connectivity index (χ2n) is 6.10. The molecule has 4 nitrogen and oxygen atoms in total. The number of anilines is 1. The summed E-state index contributed by atoms with van der Waals surface area (Å²) in [5.41, 5.74) is 7.03. The number of nitrogens with zero attached hydrogens (tertiary/aromatic N) is 1. The van der Waals surface area contributed by atoms with Crippen LogP contribution in [0, 0.1) is 5.92 Å². The molecule has 1 aliphatic carbocycles. The largest absolute Gasteiger partial charge is 0.368 e. The predicted molar refractivity (Wildman–Crippen MR) is 85.9 cm³/mol. The second kappa shape index (κ2) is 6.24. The van der Waals surface area contributed by atoms with E-state index in [1.54, 1.807) is 12.1 Å². The van der Waals surface area contributed by atoms with Crippen molar-refractivity contribution in [1.29, 1.82) is 0 Å². The molecule has 1 aromatic rings. The van der Waals surface area contributed by atoms with E-state index < -0.39 is 0 Å². The van der Waals surface area contributed by atoms with Gasteiger partial charge in [0.05, 0.1) is 11.3 Å². The lowest BCUT2D eigenvalue weighted by atomic mass is 9.96. The molecule has 1 saturated heterocycles. The van der Waals surface area contributed by atoms with Crippen molar-refractivity contribution in [2.24, 2.45) is 11.7 Å². The number of nitrogens with one attached hydrogen (secondary N) is 1. The van der Waals surface area contributed by atoms with Crippen LogP contribution in [0.15, 0.2) is 18.2 Å². The van der Waals surface area contributed by atoms with Crippen LogP contribution < -0.4 is 16.0 Å². The van der Waals surface area contributed by atoms with Crippen LogP contribution in [0.4, 0.5) is 5.69 Å². The highest BCUT2D eigenvalue weighted by Crippen LogP contribution is 2.36. The van der Waals surface area contributed by atoms with Gasteiger partial charge in [0.2, 0.25) is 0 Å². The maximum Gasteiger partial charge on any atom is 0.250 e. The zero-order chi connectivity index (χ0) is 14.8. The monoisotopic (exact) mass is 307 g/mol. The van der Waals surface area contributed by atoms with Gasteiger partial charge in [0.1, 0.15) is 0 Å². The van der Waals surface area contributed by atoms with E-state index in [0.717, 1.165) is 25.3 Å². The molecule has 1 heterocycles. The third-order valence-electron chi connectivity index (χ3n) is 4.44. The molecule has 3 rings (SSSR count). The van der Waals surface area contributed by atoms with Crippen LogP contribution in [-0.2, 0) is 0 Å². The smallest absolute Gasteiger partial charge is 0.250 e. The molecule has 21 heavy (non-hydrogen) atoms. The van der Waals surface area contributed by atoms with Gasteiger partial charge in [-0.2, -0.15) is 0 Å². The van der Waals surface area contributed by atoms with Crippen LogP contribution in [-0.4, -0.2) is 31.6 Å². The van der Waals surface area contributed by atoms with E-state index in [1.165, 1.54) is 25.7 Å². The van der Waals surface area contributed by atoms with Gasteiger partial charge in [-0.15, -0.1) is 0 Å². The fourth-order valence-corrected chi connectivity index (χ4v) is 3.29. The number of carbonyl (C=O) groups excluding carboxylic acids is 1. The van der Waals surface area contributed by atoms with Crippen molar-refractivity contribution in [2.75, 3.05) is 24.5 Å². The lowest BCUT2D eigenvalue weighted by Gasteiger charge is -2.32.